The Balaban J connectivity index is 1.88. The summed E-state index contributed by atoms with van der Waals surface area (Å²) < 4.78 is 19.0. The Labute approximate surface area is 121 Å². The van der Waals surface area contributed by atoms with Gasteiger partial charge in [0.25, 0.3) is 0 Å². The Morgan fingerprint density at radius 3 is 2.81 bits per heavy atom. The molecule has 6 heteroatoms. The molecule has 2 aliphatic rings. The topological polar surface area (TPSA) is 66.8 Å². The number of carboxylic acid groups (broad SMARTS) is 1. The number of ether oxygens (including phenoxy) is 1. The second kappa shape index (κ2) is 5.44. The summed E-state index contributed by atoms with van der Waals surface area (Å²) in [5.74, 6) is -1.68. The fourth-order valence-electron chi connectivity index (χ4n) is 3.01. The van der Waals surface area contributed by atoms with Gasteiger partial charge in [-0.05, 0) is 36.1 Å². The Morgan fingerprint density at radius 2 is 2.14 bits per heavy atom. The number of amides is 1. The first kappa shape index (κ1) is 14.0. The lowest BCUT2D eigenvalue weighted by Gasteiger charge is -2.31. The molecule has 2 aliphatic heterocycles. The van der Waals surface area contributed by atoms with E-state index in [0.717, 1.165) is 0 Å². The van der Waals surface area contributed by atoms with Crippen LogP contribution in [0, 0.1) is 11.7 Å². The van der Waals surface area contributed by atoms with Crippen LogP contribution >= 0.6 is 0 Å². The lowest BCUT2D eigenvalue weighted by molar-refractivity contribution is -0.136. The summed E-state index contributed by atoms with van der Waals surface area (Å²) in [5, 5.41) is 9.22. The number of fused-ring (bicyclic) bond motifs is 1. The molecule has 5 nitrogen and oxygen atoms in total. The third-order valence-corrected chi connectivity index (χ3v) is 4.18. The number of benzene rings is 1. The maximum Gasteiger partial charge on any atom is 0.336 e. The van der Waals surface area contributed by atoms with Crippen molar-refractivity contribution >= 4 is 11.9 Å². The highest BCUT2D eigenvalue weighted by Crippen LogP contribution is 2.27. The summed E-state index contributed by atoms with van der Waals surface area (Å²) in [7, 11) is 0. The Bertz CT molecular complexity index is 596. The van der Waals surface area contributed by atoms with Crippen LogP contribution in [-0.4, -0.2) is 41.6 Å². The van der Waals surface area contributed by atoms with Gasteiger partial charge in [-0.1, -0.05) is 0 Å². The normalized spacial score (nSPS) is 21.2. The first-order chi connectivity index (χ1) is 10.1. The van der Waals surface area contributed by atoms with Gasteiger partial charge in [-0.3, -0.25) is 4.79 Å². The number of carbonyl (C=O) groups is 2. The van der Waals surface area contributed by atoms with Crippen molar-refractivity contribution in [2.45, 2.75) is 19.4 Å². The van der Waals surface area contributed by atoms with Gasteiger partial charge in [-0.25, -0.2) is 9.18 Å². The standard InChI is InChI=1S/C15H16FNO4/c16-13-2-1-11(15(19)20)12-7-17(5-3-10(12)13)14(18)9-4-6-21-8-9/h1-2,9H,3-8H2,(H,19,20). The fraction of sp³-hybridized carbons (Fsp3) is 0.467. The van der Waals surface area contributed by atoms with Gasteiger partial charge in [0, 0.05) is 19.7 Å². The van der Waals surface area contributed by atoms with Crippen LogP contribution < -0.4 is 0 Å². The summed E-state index contributed by atoms with van der Waals surface area (Å²) in [6, 6.07) is 2.45. The van der Waals surface area contributed by atoms with Gasteiger partial charge in [0.05, 0.1) is 18.1 Å². The summed E-state index contributed by atoms with van der Waals surface area (Å²) in [5.41, 5.74) is 0.911. The van der Waals surface area contributed by atoms with Crippen molar-refractivity contribution in [3.05, 3.63) is 34.6 Å². The van der Waals surface area contributed by atoms with Gasteiger partial charge in [-0.15, -0.1) is 0 Å². The van der Waals surface area contributed by atoms with E-state index in [9.17, 15) is 19.1 Å². The second-order valence-electron chi connectivity index (χ2n) is 5.43. The largest absolute Gasteiger partial charge is 0.478 e. The number of carboxylic acids is 1. The van der Waals surface area contributed by atoms with Crippen LogP contribution in [0.15, 0.2) is 12.1 Å². The molecule has 1 N–H and O–H groups in total. The van der Waals surface area contributed by atoms with Gasteiger partial charge in [0.1, 0.15) is 5.82 Å². The number of aromatic carboxylic acids is 1. The summed E-state index contributed by atoms with van der Waals surface area (Å²) >= 11 is 0. The molecule has 2 heterocycles. The van der Waals surface area contributed by atoms with Gasteiger partial charge in [-0.2, -0.15) is 0 Å². The van der Waals surface area contributed by atoms with E-state index in [-0.39, 0.29) is 23.9 Å². The molecule has 1 saturated heterocycles. The Hall–Kier alpha value is -1.95. The minimum Gasteiger partial charge on any atom is -0.478 e. The minimum atomic E-state index is -1.09. The highest BCUT2D eigenvalue weighted by atomic mass is 19.1. The predicted octanol–water partition coefficient (Wildman–Crippen LogP) is 1.45. The molecule has 1 unspecified atom stereocenters. The van der Waals surface area contributed by atoms with E-state index >= 15 is 0 Å². The zero-order chi connectivity index (χ0) is 15.0. The van der Waals surface area contributed by atoms with Gasteiger partial charge in [0.2, 0.25) is 5.91 Å². The summed E-state index contributed by atoms with van der Waals surface area (Å²) in [6.07, 6.45) is 1.04. The van der Waals surface area contributed by atoms with Gasteiger partial charge >= 0.3 is 5.97 Å². The van der Waals surface area contributed by atoms with E-state index in [2.05, 4.69) is 0 Å². The van der Waals surface area contributed by atoms with E-state index in [1.165, 1.54) is 12.1 Å². The van der Waals surface area contributed by atoms with Crippen molar-refractivity contribution < 1.29 is 23.8 Å². The zero-order valence-corrected chi connectivity index (χ0v) is 11.5. The fourth-order valence-corrected chi connectivity index (χ4v) is 3.01. The molecule has 0 aromatic heterocycles. The summed E-state index contributed by atoms with van der Waals surface area (Å²) in [4.78, 5) is 25.3. The quantitative estimate of drug-likeness (QED) is 0.896. The number of hydrogen-bond donors (Lipinski definition) is 1. The second-order valence-corrected chi connectivity index (χ2v) is 5.43. The number of hydrogen-bond acceptors (Lipinski definition) is 3. The Morgan fingerprint density at radius 1 is 1.33 bits per heavy atom. The van der Waals surface area contributed by atoms with Crippen molar-refractivity contribution in [1.82, 2.24) is 4.90 Å². The highest BCUT2D eigenvalue weighted by Gasteiger charge is 2.32. The first-order valence-corrected chi connectivity index (χ1v) is 6.98. The molecule has 0 saturated carbocycles. The van der Waals surface area contributed by atoms with Crippen LogP contribution in [-0.2, 0) is 22.5 Å². The maximum absolute atomic E-state index is 13.8. The molecule has 112 valence electrons. The Kier molecular flexibility index (Phi) is 3.63. The number of halogens is 1. The first-order valence-electron chi connectivity index (χ1n) is 6.98. The summed E-state index contributed by atoms with van der Waals surface area (Å²) in [6.45, 7) is 1.57. The molecule has 0 spiro atoms. The van der Waals surface area contributed by atoms with E-state index in [1.807, 2.05) is 0 Å². The molecule has 0 radical (unpaired) electrons. The molecule has 1 amide bonds. The molecule has 3 rings (SSSR count). The van der Waals surface area contributed by atoms with E-state index in [0.29, 0.717) is 43.7 Å². The highest BCUT2D eigenvalue weighted by molar-refractivity contribution is 5.90. The van der Waals surface area contributed by atoms with Crippen molar-refractivity contribution in [3.63, 3.8) is 0 Å². The molecular formula is C15H16FNO4. The van der Waals surface area contributed by atoms with Crippen LogP contribution in [0.1, 0.15) is 27.9 Å². The van der Waals surface area contributed by atoms with Crippen LogP contribution in [0.3, 0.4) is 0 Å². The third kappa shape index (κ3) is 2.51. The molecule has 0 bridgehead atoms. The van der Waals surface area contributed by atoms with Crippen molar-refractivity contribution in [2.24, 2.45) is 5.92 Å². The minimum absolute atomic E-state index is 0.0289. The van der Waals surface area contributed by atoms with Crippen LogP contribution in [0.25, 0.3) is 0 Å². The third-order valence-electron chi connectivity index (χ3n) is 4.18. The molecule has 21 heavy (non-hydrogen) atoms. The molecule has 1 atom stereocenters. The van der Waals surface area contributed by atoms with Crippen LogP contribution in [0.5, 0.6) is 0 Å². The molecular weight excluding hydrogens is 277 g/mol. The van der Waals surface area contributed by atoms with Gasteiger partial charge < -0.3 is 14.7 Å². The molecule has 1 fully saturated rings. The maximum atomic E-state index is 13.8. The number of rotatable bonds is 2. The molecule has 1 aromatic rings. The van der Waals surface area contributed by atoms with E-state index in [4.69, 9.17) is 4.74 Å². The zero-order valence-electron chi connectivity index (χ0n) is 11.5. The number of carbonyl (C=O) groups excluding carboxylic acids is 1. The molecule has 0 aliphatic carbocycles. The van der Waals surface area contributed by atoms with Crippen LogP contribution in [0.2, 0.25) is 0 Å². The number of nitrogens with zero attached hydrogens (tertiary/aromatic N) is 1. The van der Waals surface area contributed by atoms with E-state index in [1.54, 1.807) is 4.90 Å². The predicted molar refractivity (Wildman–Crippen MR) is 71.4 cm³/mol. The monoisotopic (exact) mass is 293 g/mol. The lowest BCUT2D eigenvalue weighted by Crippen LogP contribution is -2.40. The van der Waals surface area contributed by atoms with Crippen LogP contribution in [0.4, 0.5) is 4.39 Å². The van der Waals surface area contributed by atoms with E-state index < -0.39 is 11.8 Å². The van der Waals surface area contributed by atoms with Crippen molar-refractivity contribution in [3.8, 4) is 0 Å². The van der Waals surface area contributed by atoms with Crippen molar-refractivity contribution in [2.75, 3.05) is 19.8 Å². The van der Waals surface area contributed by atoms with Crippen molar-refractivity contribution in [1.29, 1.82) is 0 Å². The SMILES string of the molecule is O=C(O)c1ccc(F)c2c1CN(C(=O)C1CCOC1)CC2. The average molecular weight is 293 g/mol. The lowest BCUT2D eigenvalue weighted by atomic mass is 9.93. The molecule has 1 aromatic carbocycles. The average Bonchev–Trinajstić information content (AvgIpc) is 3.00. The smallest absolute Gasteiger partial charge is 0.336 e. The van der Waals surface area contributed by atoms with Gasteiger partial charge in [0.15, 0.2) is 0 Å².